The van der Waals surface area contributed by atoms with E-state index in [0.29, 0.717) is 31.3 Å². The molecule has 1 aromatic carbocycles. The van der Waals surface area contributed by atoms with Crippen molar-refractivity contribution in [1.82, 2.24) is 14.7 Å². The minimum Gasteiger partial charge on any atom is -0.381 e. The highest BCUT2D eigenvalue weighted by molar-refractivity contribution is 6.30. The Morgan fingerprint density at radius 3 is 2.78 bits per heavy atom. The third-order valence-electron chi connectivity index (χ3n) is 5.53. The van der Waals surface area contributed by atoms with Crippen LogP contribution in [0, 0.1) is 12.7 Å². The molecule has 0 radical (unpaired) electrons. The van der Waals surface area contributed by atoms with E-state index in [2.05, 4.69) is 10.3 Å². The quantitative estimate of drug-likeness (QED) is 0.710. The van der Waals surface area contributed by atoms with Gasteiger partial charge in [0.1, 0.15) is 11.5 Å². The van der Waals surface area contributed by atoms with Gasteiger partial charge in [-0.1, -0.05) is 29.8 Å². The van der Waals surface area contributed by atoms with Crippen LogP contribution in [0.1, 0.15) is 29.8 Å². The molecule has 1 fully saturated rings. The zero-order valence-corrected chi connectivity index (χ0v) is 16.1. The van der Waals surface area contributed by atoms with E-state index in [1.807, 2.05) is 41.8 Å². The molecule has 0 spiro atoms. The van der Waals surface area contributed by atoms with Gasteiger partial charge in [-0.2, -0.15) is 0 Å². The third kappa shape index (κ3) is 3.59. The van der Waals surface area contributed by atoms with Gasteiger partial charge in [-0.25, -0.2) is 9.37 Å². The molecule has 1 N–H and O–H groups in total. The number of halogens is 2. The molecule has 0 saturated carbocycles. The van der Waals surface area contributed by atoms with E-state index in [1.54, 1.807) is 12.1 Å². The fraction of sp³-hybridized carbons (Fsp3) is 0.381. The van der Waals surface area contributed by atoms with Gasteiger partial charge in [0, 0.05) is 37.9 Å². The van der Waals surface area contributed by atoms with E-state index in [0.717, 1.165) is 35.4 Å². The van der Waals surface area contributed by atoms with Crippen molar-refractivity contribution in [3.63, 3.8) is 0 Å². The molecule has 0 aliphatic carbocycles. The zero-order chi connectivity index (χ0) is 18.9. The smallest absolute Gasteiger partial charge is 0.137 e. The van der Waals surface area contributed by atoms with Crippen LogP contribution in [-0.4, -0.2) is 29.1 Å². The maximum atomic E-state index is 14.5. The van der Waals surface area contributed by atoms with Crippen LogP contribution in [0.25, 0.3) is 5.65 Å². The number of hydrogen-bond donors (Lipinski definition) is 1. The minimum absolute atomic E-state index is 0.140. The molecule has 6 heteroatoms. The average Bonchev–Trinajstić information content (AvgIpc) is 2.98. The number of fused-ring (bicyclic) bond motifs is 1. The van der Waals surface area contributed by atoms with Crippen molar-refractivity contribution in [2.24, 2.45) is 0 Å². The topological polar surface area (TPSA) is 38.6 Å². The maximum Gasteiger partial charge on any atom is 0.137 e. The summed E-state index contributed by atoms with van der Waals surface area (Å²) in [6.45, 7) is 4.63. The lowest BCUT2D eigenvalue weighted by molar-refractivity contribution is 0.0485. The molecular formula is C21H23ClFN3O. The van der Waals surface area contributed by atoms with Crippen molar-refractivity contribution in [3.05, 3.63) is 70.4 Å². The second-order valence-electron chi connectivity index (χ2n) is 7.20. The highest BCUT2D eigenvalue weighted by Gasteiger charge is 2.36. The van der Waals surface area contributed by atoms with Gasteiger partial charge in [0.2, 0.25) is 0 Å². The summed E-state index contributed by atoms with van der Waals surface area (Å²) in [5.74, 6) is -0.140. The number of nitrogens with one attached hydrogen (secondary N) is 1. The Labute approximate surface area is 163 Å². The third-order valence-corrected chi connectivity index (χ3v) is 5.76. The average molecular weight is 388 g/mol. The van der Waals surface area contributed by atoms with E-state index in [1.165, 1.54) is 0 Å². The minimum atomic E-state index is -0.254. The van der Waals surface area contributed by atoms with Gasteiger partial charge >= 0.3 is 0 Å². The van der Waals surface area contributed by atoms with E-state index in [4.69, 9.17) is 16.3 Å². The summed E-state index contributed by atoms with van der Waals surface area (Å²) in [5, 5.41) is 4.22. The van der Waals surface area contributed by atoms with Gasteiger partial charge in [0.15, 0.2) is 0 Å². The highest BCUT2D eigenvalue weighted by atomic mass is 35.5. The predicted molar refractivity (Wildman–Crippen MR) is 105 cm³/mol. The number of nitrogens with zero attached hydrogens (tertiary/aromatic N) is 2. The number of ether oxygens (including phenoxy) is 1. The molecule has 0 amide bonds. The van der Waals surface area contributed by atoms with Crippen molar-refractivity contribution >= 4 is 17.2 Å². The highest BCUT2D eigenvalue weighted by Crippen LogP contribution is 2.35. The normalized spacial score (nSPS) is 16.7. The molecule has 3 aromatic rings. The second kappa shape index (κ2) is 7.58. The first-order valence-electron chi connectivity index (χ1n) is 9.26. The molecule has 0 bridgehead atoms. The van der Waals surface area contributed by atoms with Crippen LogP contribution in [0.2, 0.25) is 5.02 Å². The molecule has 0 unspecified atom stereocenters. The summed E-state index contributed by atoms with van der Waals surface area (Å²) in [6.07, 6.45) is 3.49. The molecule has 142 valence electrons. The molecule has 1 saturated heterocycles. The molecular weight excluding hydrogens is 365 g/mol. The van der Waals surface area contributed by atoms with Crippen LogP contribution in [-0.2, 0) is 16.7 Å². The number of rotatable bonds is 5. The van der Waals surface area contributed by atoms with E-state index < -0.39 is 0 Å². The lowest BCUT2D eigenvalue weighted by Crippen LogP contribution is -2.43. The largest absolute Gasteiger partial charge is 0.381 e. The lowest BCUT2D eigenvalue weighted by atomic mass is 9.74. The first-order valence-corrected chi connectivity index (χ1v) is 9.63. The Hall–Kier alpha value is -1.95. The van der Waals surface area contributed by atoms with Crippen LogP contribution in [0.5, 0.6) is 0 Å². The van der Waals surface area contributed by atoms with Gasteiger partial charge in [0.05, 0.1) is 16.4 Å². The van der Waals surface area contributed by atoms with Gasteiger partial charge in [-0.15, -0.1) is 0 Å². The summed E-state index contributed by atoms with van der Waals surface area (Å²) >= 11 is 6.15. The molecule has 27 heavy (non-hydrogen) atoms. The molecule has 3 heterocycles. The Kier molecular flexibility index (Phi) is 5.17. The second-order valence-corrected chi connectivity index (χ2v) is 7.63. The van der Waals surface area contributed by atoms with Crippen LogP contribution >= 0.6 is 11.6 Å². The fourth-order valence-corrected chi connectivity index (χ4v) is 4.17. The SMILES string of the molecule is Cc1nc2ccc(Cl)cn2c1CNCC1(c2ccccc2F)CCOCC1. The summed E-state index contributed by atoms with van der Waals surface area (Å²) in [7, 11) is 0. The van der Waals surface area contributed by atoms with Crippen LogP contribution in [0.4, 0.5) is 4.39 Å². The summed E-state index contributed by atoms with van der Waals surface area (Å²) in [4.78, 5) is 4.59. The van der Waals surface area contributed by atoms with Gasteiger partial charge in [-0.3, -0.25) is 0 Å². The molecule has 0 atom stereocenters. The number of aryl methyl sites for hydroxylation is 1. The number of benzene rings is 1. The standard InChI is InChI=1S/C21H23ClFN3O/c1-15-19(26-13-16(22)6-7-20(26)25-15)12-24-14-21(8-10-27-11-9-21)17-4-2-3-5-18(17)23/h2-7,13,24H,8-12,14H2,1H3. The summed E-state index contributed by atoms with van der Waals surface area (Å²) in [6, 6.07) is 10.9. The summed E-state index contributed by atoms with van der Waals surface area (Å²) in [5.41, 5.74) is 3.44. The lowest BCUT2D eigenvalue weighted by Gasteiger charge is -2.38. The van der Waals surface area contributed by atoms with Crippen molar-refractivity contribution in [2.75, 3.05) is 19.8 Å². The zero-order valence-electron chi connectivity index (χ0n) is 15.3. The van der Waals surface area contributed by atoms with E-state index in [-0.39, 0.29) is 11.2 Å². The Bertz CT molecular complexity index is 950. The predicted octanol–water partition coefficient (Wildman–Crippen LogP) is 4.27. The molecule has 4 nitrogen and oxygen atoms in total. The van der Waals surface area contributed by atoms with Gasteiger partial charge < -0.3 is 14.5 Å². The molecule has 2 aromatic heterocycles. The first kappa shape index (κ1) is 18.4. The van der Waals surface area contributed by atoms with Crippen LogP contribution in [0.15, 0.2) is 42.6 Å². The van der Waals surface area contributed by atoms with Crippen molar-refractivity contribution in [2.45, 2.75) is 31.7 Å². The van der Waals surface area contributed by atoms with Crippen LogP contribution in [0.3, 0.4) is 0 Å². The Balaban J connectivity index is 1.57. The van der Waals surface area contributed by atoms with Gasteiger partial charge in [-0.05, 0) is 43.5 Å². The Morgan fingerprint density at radius 2 is 2.00 bits per heavy atom. The van der Waals surface area contributed by atoms with Crippen molar-refractivity contribution in [3.8, 4) is 0 Å². The van der Waals surface area contributed by atoms with Crippen molar-refractivity contribution in [1.29, 1.82) is 0 Å². The van der Waals surface area contributed by atoms with E-state index >= 15 is 0 Å². The number of aromatic nitrogens is 2. The monoisotopic (exact) mass is 387 g/mol. The van der Waals surface area contributed by atoms with Gasteiger partial charge in [0.25, 0.3) is 0 Å². The number of imidazole rings is 1. The molecule has 1 aliphatic rings. The molecule has 1 aliphatic heterocycles. The molecule has 4 rings (SSSR count). The maximum absolute atomic E-state index is 14.5. The van der Waals surface area contributed by atoms with Crippen molar-refractivity contribution < 1.29 is 9.13 Å². The number of pyridine rings is 1. The Morgan fingerprint density at radius 1 is 1.22 bits per heavy atom. The summed E-state index contributed by atoms with van der Waals surface area (Å²) < 4.78 is 22.1. The fourth-order valence-electron chi connectivity index (χ4n) is 4.01. The van der Waals surface area contributed by atoms with Crippen LogP contribution < -0.4 is 5.32 Å². The first-order chi connectivity index (χ1) is 13.1. The number of hydrogen-bond acceptors (Lipinski definition) is 3. The van der Waals surface area contributed by atoms with E-state index in [9.17, 15) is 4.39 Å².